The third-order valence-electron chi connectivity index (χ3n) is 2.77. The summed E-state index contributed by atoms with van der Waals surface area (Å²) in [5.74, 6) is -0.0300. The van der Waals surface area contributed by atoms with Crippen LogP contribution in [0, 0.1) is 0 Å². The second kappa shape index (κ2) is 5.05. The molecule has 1 aliphatic rings. The van der Waals surface area contributed by atoms with Crippen molar-refractivity contribution in [3.05, 3.63) is 30.1 Å². The number of nitrogens with two attached hydrogens (primary N) is 1. The number of rotatable bonds is 2. The van der Waals surface area contributed by atoms with E-state index in [4.69, 9.17) is 5.73 Å². The summed E-state index contributed by atoms with van der Waals surface area (Å²) in [4.78, 5) is 18.0. The van der Waals surface area contributed by atoms with Crippen LogP contribution in [0.15, 0.2) is 24.4 Å². The van der Waals surface area contributed by atoms with Gasteiger partial charge in [0.2, 0.25) is 0 Å². The van der Waals surface area contributed by atoms with Gasteiger partial charge in [-0.15, -0.1) is 0 Å². The molecule has 1 amide bonds. The predicted molar refractivity (Wildman–Crippen MR) is 61.0 cm³/mol. The van der Waals surface area contributed by atoms with E-state index in [1.54, 1.807) is 23.2 Å². The lowest BCUT2D eigenvalue weighted by molar-refractivity contribution is 0.0638. The number of hydrogen-bond donors (Lipinski definition) is 2. The van der Waals surface area contributed by atoms with Gasteiger partial charge in [0.1, 0.15) is 5.69 Å². The number of hydrogen-bond acceptors (Lipinski definition) is 4. The van der Waals surface area contributed by atoms with E-state index in [0.29, 0.717) is 18.8 Å². The maximum absolute atomic E-state index is 12.1. The van der Waals surface area contributed by atoms with Gasteiger partial charge in [-0.1, -0.05) is 6.07 Å². The molecule has 5 nitrogen and oxygen atoms in total. The minimum absolute atomic E-state index is 0.0300. The van der Waals surface area contributed by atoms with E-state index in [-0.39, 0.29) is 11.9 Å². The number of aromatic nitrogens is 1. The van der Waals surface area contributed by atoms with Gasteiger partial charge >= 0.3 is 0 Å². The lowest BCUT2D eigenvalue weighted by Gasteiger charge is -2.35. The highest BCUT2D eigenvalue weighted by Crippen LogP contribution is 2.07. The minimum atomic E-state index is -0.0300. The van der Waals surface area contributed by atoms with Gasteiger partial charge in [0.05, 0.1) is 6.04 Å². The molecular weight excluding hydrogens is 204 g/mol. The van der Waals surface area contributed by atoms with E-state index in [0.717, 1.165) is 13.1 Å². The highest BCUT2D eigenvalue weighted by atomic mass is 16.2. The monoisotopic (exact) mass is 220 g/mol. The average molecular weight is 220 g/mol. The lowest BCUT2D eigenvalue weighted by atomic mass is 10.1. The normalized spacial score (nSPS) is 20.8. The van der Waals surface area contributed by atoms with Crippen molar-refractivity contribution < 1.29 is 4.79 Å². The summed E-state index contributed by atoms with van der Waals surface area (Å²) in [7, 11) is 0. The number of carbonyl (C=O) groups is 1. The van der Waals surface area contributed by atoms with Gasteiger partial charge in [-0.2, -0.15) is 0 Å². The van der Waals surface area contributed by atoms with Gasteiger partial charge in [-0.05, 0) is 12.1 Å². The zero-order chi connectivity index (χ0) is 11.4. The number of nitrogens with one attached hydrogen (secondary N) is 1. The molecule has 3 N–H and O–H groups in total. The molecule has 0 bridgehead atoms. The maximum Gasteiger partial charge on any atom is 0.272 e. The molecule has 2 heterocycles. The quantitative estimate of drug-likeness (QED) is 0.702. The van der Waals surface area contributed by atoms with Gasteiger partial charge in [-0.3, -0.25) is 9.78 Å². The molecule has 86 valence electrons. The Hall–Kier alpha value is -1.46. The molecule has 2 rings (SSSR count). The van der Waals surface area contributed by atoms with E-state index in [1.165, 1.54) is 0 Å². The summed E-state index contributed by atoms with van der Waals surface area (Å²) in [5, 5.41) is 3.23. The molecular formula is C11H16N4O. The Kier molecular flexibility index (Phi) is 3.48. The SMILES string of the molecule is NCC1CNCCN1C(=O)c1ccccn1. The van der Waals surface area contributed by atoms with Crippen LogP contribution in [0.3, 0.4) is 0 Å². The van der Waals surface area contributed by atoms with Crippen molar-refractivity contribution in [3.63, 3.8) is 0 Å². The van der Waals surface area contributed by atoms with Crippen molar-refractivity contribution in [2.45, 2.75) is 6.04 Å². The van der Waals surface area contributed by atoms with Crippen molar-refractivity contribution in [2.75, 3.05) is 26.2 Å². The summed E-state index contributed by atoms with van der Waals surface area (Å²) in [5.41, 5.74) is 6.14. The minimum Gasteiger partial charge on any atom is -0.331 e. The molecule has 1 fully saturated rings. The molecule has 0 saturated carbocycles. The van der Waals surface area contributed by atoms with Crippen molar-refractivity contribution in [3.8, 4) is 0 Å². The van der Waals surface area contributed by atoms with Gasteiger partial charge < -0.3 is 16.0 Å². The highest BCUT2D eigenvalue weighted by molar-refractivity contribution is 5.92. The number of carbonyl (C=O) groups excluding carboxylic acids is 1. The van der Waals surface area contributed by atoms with Crippen molar-refractivity contribution >= 4 is 5.91 Å². The highest BCUT2D eigenvalue weighted by Gasteiger charge is 2.26. The molecule has 0 spiro atoms. The zero-order valence-corrected chi connectivity index (χ0v) is 9.10. The number of nitrogens with zero attached hydrogens (tertiary/aromatic N) is 2. The first-order valence-corrected chi connectivity index (χ1v) is 5.45. The van der Waals surface area contributed by atoms with E-state index in [1.807, 2.05) is 6.07 Å². The van der Waals surface area contributed by atoms with E-state index in [9.17, 15) is 4.79 Å². The number of pyridine rings is 1. The average Bonchev–Trinajstić information content (AvgIpc) is 2.39. The fraction of sp³-hybridized carbons (Fsp3) is 0.455. The number of amides is 1. The van der Waals surface area contributed by atoms with Gasteiger partial charge in [0, 0.05) is 32.4 Å². The topological polar surface area (TPSA) is 71.2 Å². The van der Waals surface area contributed by atoms with Gasteiger partial charge in [-0.25, -0.2) is 0 Å². The van der Waals surface area contributed by atoms with Crippen LogP contribution >= 0.6 is 0 Å². The Balaban J connectivity index is 2.14. The standard InChI is InChI=1S/C11H16N4O/c12-7-9-8-13-5-6-15(9)11(16)10-3-1-2-4-14-10/h1-4,9,13H,5-8,12H2. The summed E-state index contributed by atoms with van der Waals surface area (Å²) in [6.45, 7) is 2.74. The Morgan fingerprint density at radius 1 is 1.62 bits per heavy atom. The molecule has 1 aromatic rings. The van der Waals surface area contributed by atoms with Crippen LogP contribution in [0.1, 0.15) is 10.5 Å². The van der Waals surface area contributed by atoms with Crippen LogP contribution in [0.25, 0.3) is 0 Å². The molecule has 1 aromatic heterocycles. The molecule has 1 atom stereocenters. The van der Waals surface area contributed by atoms with Crippen LogP contribution in [0.2, 0.25) is 0 Å². The molecule has 1 unspecified atom stereocenters. The van der Waals surface area contributed by atoms with Crippen LogP contribution in [0.4, 0.5) is 0 Å². The molecule has 1 aliphatic heterocycles. The Bertz CT molecular complexity index is 354. The summed E-state index contributed by atoms with van der Waals surface area (Å²) < 4.78 is 0. The fourth-order valence-electron chi connectivity index (χ4n) is 1.88. The van der Waals surface area contributed by atoms with E-state index < -0.39 is 0 Å². The summed E-state index contributed by atoms with van der Waals surface area (Å²) in [6, 6.07) is 5.43. The summed E-state index contributed by atoms with van der Waals surface area (Å²) in [6.07, 6.45) is 1.63. The number of piperazine rings is 1. The molecule has 1 saturated heterocycles. The molecule has 0 aromatic carbocycles. The van der Waals surface area contributed by atoms with E-state index in [2.05, 4.69) is 10.3 Å². The smallest absolute Gasteiger partial charge is 0.272 e. The first-order valence-electron chi connectivity index (χ1n) is 5.45. The third-order valence-corrected chi connectivity index (χ3v) is 2.77. The lowest BCUT2D eigenvalue weighted by Crippen LogP contribution is -2.56. The van der Waals surface area contributed by atoms with E-state index >= 15 is 0 Å². The molecule has 0 aliphatic carbocycles. The predicted octanol–water partition coefficient (Wildman–Crippen LogP) is -0.546. The first-order chi connectivity index (χ1) is 7.83. The Morgan fingerprint density at radius 2 is 2.50 bits per heavy atom. The van der Waals surface area contributed by atoms with Crippen LogP contribution in [0.5, 0.6) is 0 Å². The Morgan fingerprint density at radius 3 is 3.19 bits per heavy atom. The van der Waals surface area contributed by atoms with Crippen molar-refractivity contribution in [1.82, 2.24) is 15.2 Å². The second-order valence-electron chi connectivity index (χ2n) is 3.81. The Labute approximate surface area is 94.6 Å². The largest absolute Gasteiger partial charge is 0.331 e. The maximum atomic E-state index is 12.1. The van der Waals surface area contributed by atoms with Crippen molar-refractivity contribution in [2.24, 2.45) is 5.73 Å². The third kappa shape index (κ3) is 2.20. The van der Waals surface area contributed by atoms with Crippen LogP contribution in [-0.2, 0) is 0 Å². The molecule has 5 heteroatoms. The van der Waals surface area contributed by atoms with Crippen LogP contribution in [-0.4, -0.2) is 48.0 Å². The fourth-order valence-corrected chi connectivity index (χ4v) is 1.88. The first kappa shape index (κ1) is 11.0. The summed E-state index contributed by atoms with van der Waals surface area (Å²) >= 11 is 0. The van der Waals surface area contributed by atoms with Crippen LogP contribution < -0.4 is 11.1 Å². The van der Waals surface area contributed by atoms with Gasteiger partial charge in [0.25, 0.3) is 5.91 Å². The molecule has 16 heavy (non-hydrogen) atoms. The molecule has 0 radical (unpaired) electrons. The van der Waals surface area contributed by atoms with Crippen molar-refractivity contribution in [1.29, 1.82) is 0 Å². The van der Waals surface area contributed by atoms with Gasteiger partial charge in [0.15, 0.2) is 0 Å². The second-order valence-corrected chi connectivity index (χ2v) is 3.81. The zero-order valence-electron chi connectivity index (χ0n) is 9.10.